The van der Waals surface area contributed by atoms with Gasteiger partial charge >= 0.3 is 0 Å². The van der Waals surface area contributed by atoms with Crippen LogP contribution in [-0.4, -0.2) is 34.4 Å². The van der Waals surface area contributed by atoms with Gasteiger partial charge in [-0.2, -0.15) is 4.68 Å². The van der Waals surface area contributed by atoms with Gasteiger partial charge < -0.3 is 14.8 Å². The van der Waals surface area contributed by atoms with Crippen molar-refractivity contribution in [2.45, 2.75) is 38.1 Å². The summed E-state index contributed by atoms with van der Waals surface area (Å²) in [5.41, 5.74) is 1.60. The molecule has 1 saturated carbocycles. The average molecular weight is 393 g/mol. The predicted molar refractivity (Wildman–Crippen MR) is 112 cm³/mol. The molecule has 2 aromatic carbocycles. The molecule has 0 amide bonds. The summed E-state index contributed by atoms with van der Waals surface area (Å²) in [6, 6.07) is 15.8. The van der Waals surface area contributed by atoms with Gasteiger partial charge in [-0.15, -0.1) is 5.10 Å². The molecule has 0 bridgehead atoms. The third-order valence-electron chi connectivity index (χ3n) is 5.94. The van der Waals surface area contributed by atoms with Crippen molar-refractivity contribution in [1.82, 2.24) is 20.2 Å². The molecule has 1 aliphatic rings. The van der Waals surface area contributed by atoms with Crippen molar-refractivity contribution in [3.05, 3.63) is 54.4 Å². The second-order valence-corrected chi connectivity index (χ2v) is 7.58. The summed E-state index contributed by atoms with van der Waals surface area (Å²) in [7, 11) is 3.34. The minimum absolute atomic E-state index is 0.351. The molecule has 0 radical (unpaired) electrons. The maximum atomic E-state index is 5.30. The second kappa shape index (κ2) is 8.11. The summed E-state index contributed by atoms with van der Waals surface area (Å²) >= 11 is 0. The number of tetrazole rings is 1. The normalized spacial score (nSPS) is 21.6. The molecule has 7 heteroatoms. The Morgan fingerprint density at radius 1 is 0.966 bits per heavy atom. The molecule has 29 heavy (non-hydrogen) atoms. The number of aromatic nitrogens is 4. The molecule has 0 spiro atoms. The van der Waals surface area contributed by atoms with E-state index in [2.05, 4.69) is 27.8 Å². The van der Waals surface area contributed by atoms with Gasteiger partial charge in [0, 0.05) is 5.69 Å². The van der Waals surface area contributed by atoms with E-state index in [1.54, 1.807) is 14.2 Å². The number of methoxy groups -OCH3 is 2. The second-order valence-electron chi connectivity index (χ2n) is 7.58. The van der Waals surface area contributed by atoms with Crippen LogP contribution in [0.15, 0.2) is 48.5 Å². The van der Waals surface area contributed by atoms with Gasteiger partial charge in [0.05, 0.1) is 19.9 Å². The molecule has 1 aliphatic carbocycles. The highest BCUT2D eigenvalue weighted by molar-refractivity contribution is 5.50. The zero-order chi connectivity index (χ0) is 20.3. The van der Waals surface area contributed by atoms with Gasteiger partial charge in [-0.25, -0.2) is 0 Å². The molecular formula is C22H27N5O2. The molecule has 2 atom stereocenters. The predicted octanol–water partition coefficient (Wildman–Crippen LogP) is 4.20. The Morgan fingerprint density at radius 3 is 2.24 bits per heavy atom. The molecule has 4 rings (SSSR count). The molecule has 1 heterocycles. The molecule has 0 aliphatic heterocycles. The van der Waals surface area contributed by atoms with E-state index in [0.717, 1.165) is 48.0 Å². The number of nitrogens with one attached hydrogen (secondary N) is 1. The van der Waals surface area contributed by atoms with Crippen molar-refractivity contribution in [2.24, 2.45) is 5.92 Å². The Bertz CT molecular complexity index is 939. The molecule has 3 aromatic rings. The highest BCUT2D eigenvalue weighted by Crippen LogP contribution is 2.43. The van der Waals surface area contributed by atoms with Crippen LogP contribution < -0.4 is 14.8 Å². The fourth-order valence-electron chi connectivity index (χ4n) is 4.22. The maximum absolute atomic E-state index is 5.30. The Balaban J connectivity index is 1.75. The fraction of sp³-hybridized carbons (Fsp3) is 0.409. The zero-order valence-corrected chi connectivity index (χ0v) is 17.1. The fourth-order valence-corrected chi connectivity index (χ4v) is 4.22. The SMILES string of the molecule is COc1ccc(N[C@@]2(c3nnnn3-c3ccc(OC)cc3)CCCC[C@@H]2C)cc1. The molecule has 1 N–H and O–H groups in total. The van der Waals surface area contributed by atoms with E-state index in [4.69, 9.17) is 9.47 Å². The van der Waals surface area contributed by atoms with Crippen LogP contribution >= 0.6 is 0 Å². The minimum Gasteiger partial charge on any atom is -0.497 e. The van der Waals surface area contributed by atoms with Crippen LogP contribution in [0.3, 0.4) is 0 Å². The highest BCUT2D eigenvalue weighted by atomic mass is 16.5. The molecule has 0 unspecified atom stereocenters. The lowest BCUT2D eigenvalue weighted by atomic mass is 9.72. The Labute approximate surface area is 171 Å². The van der Waals surface area contributed by atoms with E-state index < -0.39 is 0 Å². The number of hydrogen-bond acceptors (Lipinski definition) is 6. The quantitative estimate of drug-likeness (QED) is 0.677. The summed E-state index contributed by atoms with van der Waals surface area (Å²) in [4.78, 5) is 0. The number of nitrogens with zero attached hydrogens (tertiary/aromatic N) is 4. The number of hydrogen-bond donors (Lipinski definition) is 1. The van der Waals surface area contributed by atoms with Gasteiger partial charge in [-0.05, 0) is 77.7 Å². The Hall–Kier alpha value is -3.09. The zero-order valence-electron chi connectivity index (χ0n) is 17.1. The van der Waals surface area contributed by atoms with Crippen molar-refractivity contribution in [3.63, 3.8) is 0 Å². The molecule has 7 nitrogen and oxygen atoms in total. The standard InChI is InChI=1S/C22H27N5O2/c1-16-6-4-5-15-22(16,23-17-7-11-19(28-2)12-8-17)21-24-25-26-27(21)18-9-13-20(29-3)14-10-18/h7-14,16,23H,4-6,15H2,1-3H3/t16-,22-/m0/s1. The van der Waals surface area contributed by atoms with E-state index in [1.807, 2.05) is 53.2 Å². The van der Waals surface area contributed by atoms with Crippen LogP contribution in [0.25, 0.3) is 5.69 Å². The lowest BCUT2D eigenvalue weighted by Gasteiger charge is -2.42. The number of rotatable bonds is 6. The van der Waals surface area contributed by atoms with Gasteiger partial charge in [-0.3, -0.25) is 0 Å². The van der Waals surface area contributed by atoms with Crippen LogP contribution in [-0.2, 0) is 5.54 Å². The number of benzene rings is 2. The van der Waals surface area contributed by atoms with Gasteiger partial charge in [-0.1, -0.05) is 19.8 Å². The first-order valence-electron chi connectivity index (χ1n) is 10.0. The van der Waals surface area contributed by atoms with Crippen molar-refractivity contribution < 1.29 is 9.47 Å². The third-order valence-corrected chi connectivity index (χ3v) is 5.94. The van der Waals surface area contributed by atoms with E-state index in [-0.39, 0.29) is 5.54 Å². The summed E-state index contributed by atoms with van der Waals surface area (Å²) in [6.45, 7) is 2.28. The lowest BCUT2D eigenvalue weighted by molar-refractivity contribution is 0.215. The first kappa shape index (κ1) is 19.2. The van der Waals surface area contributed by atoms with E-state index in [9.17, 15) is 0 Å². The molecule has 1 aromatic heterocycles. The van der Waals surface area contributed by atoms with Crippen molar-refractivity contribution in [1.29, 1.82) is 0 Å². The monoisotopic (exact) mass is 393 g/mol. The van der Waals surface area contributed by atoms with E-state index >= 15 is 0 Å². The van der Waals surface area contributed by atoms with Crippen LogP contribution in [0.1, 0.15) is 38.4 Å². The van der Waals surface area contributed by atoms with Crippen molar-refractivity contribution in [3.8, 4) is 17.2 Å². The highest BCUT2D eigenvalue weighted by Gasteiger charge is 2.44. The molecule has 1 fully saturated rings. The Morgan fingerprint density at radius 2 is 1.62 bits per heavy atom. The van der Waals surface area contributed by atoms with Crippen LogP contribution in [0.5, 0.6) is 11.5 Å². The topological polar surface area (TPSA) is 74.1 Å². The van der Waals surface area contributed by atoms with Gasteiger partial charge in [0.2, 0.25) is 0 Å². The first-order valence-corrected chi connectivity index (χ1v) is 10.0. The summed E-state index contributed by atoms with van der Waals surface area (Å²) in [5, 5.41) is 16.6. The maximum Gasteiger partial charge on any atom is 0.182 e. The largest absolute Gasteiger partial charge is 0.497 e. The summed E-state index contributed by atoms with van der Waals surface area (Å²) in [5.74, 6) is 2.86. The third kappa shape index (κ3) is 3.64. The lowest BCUT2D eigenvalue weighted by Crippen LogP contribution is -2.46. The first-order chi connectivity index (χ1) is 14.2. The number of anilines is 1. The van der Waals surface area contributed by atoms with Crippen molar-refractivity contribution in [2.75, 3.05) is 19.5 Å². The molecule has 152 valence electrons. The van der Waals surface area contributed by atoms with Gasteiger partial charge in [0.25, 0.3) is 0 Å². The van der Waals surface area contributed by atoms with Crippen LogP contribution in [0.4, 0.5) is 5.69 Å². The minimum atomic E-state index is -0.351. The van der Waals surface area contributed by atoms with Gasteiger partial charge in [0.1, 0.15) is 17.0 Å². The average Bonchev–Trinajstić information content (AvgIpc) is 3.26. The number of ether oxygens (including phenoxy) is 2. The molecular weight excluding hydrogens is 366 g/mol. The van der Waals surface area contributed by atoms with E-state index in [0.29, 0.717) is 5.92 Å². The summed E-state index contributed by atoms with van der Waals surface area (Å²) < 4.78 is 12.4. The smallest absolute Gasteiger partial charge is 0.182 e. The van der Waals surface area contributed by atoms with Crippen LogP contribution in [0.2, 0.25) is 0 Å². The summed E-state index contributed by atoms with van der Waals surface area (Å²) in [6.07, 6.45) is 4.44. The Kier molecular flexibility index (Phi) is 5.38. The molecule has 0 saturated heterocycles. The van der Waals surface area contributed by atoms with Gasteiger partial charge in [0.15, 0.2) is 5.82 Å². The van der Waals surface area contributed by atoms with Crippen LogP contribution in [0, 0.1) is 5.92 Å². The van der Waals surface area contributed by atoms with Crippen molar-refractivity contribution >= 4 is 5.69 Å². The van der Waals surface area contributed by atoms with E-state index in [1.165, 1.54) is 6.42 Å².